The van der Waals surface area contributed by atoms with Crippen LogP contribution in [-0.4, -0.2) is 18.7 Å². The van der Waals surface area contributed by atoms with Crippen LogP contribution in [0, 0.1) is 5.92 Å². The van der Waals surface area contributed by atoms with Crippen LogP contribution in [0.25, 0.3) is 0 Å². The molecule has 6 heteroatoms. The number of ether oxygens (including phenoxy) is 1. The maximum absolute atomic E-state index is 11.9. The lowest BCUT2D eigenvalue weighted by Gasteiger charge is -2.10. The molecule has 0 saturated carbocycles. The summed E-state index contributed by atoms with van der Waals surface area (Å²) in [6.07, 6.45) is -4.34. The van der Waals surface area contributed by atoms with Crippen LogP contribution >= 0.6 is 0 Å². The molecule has 0 aliphatic rings. The molecule has 0 aliphatic carbocycles. The molecule has 0 unspecified atom stereocenters. The van der Waals surface area contributed by atoms with E-state index in [1.165, 1.54) is 12.1 Å². The SMILES string of the molecule is CC(C)C(=O)NCc1ccc(OCC(F)(F)F)cc1. The predicted octanol–water partition coefficient (Wildman–Crippen LogP) is 2.90. The molecule has 1 aromatic rings. The summed E-state index contributed by atoms with van der Waals surface area (Å²) < 4.78 is 40.4. The lowest BCUT2D eigenvalue weighted by Crippen LogP contribution is -2.27. The Morgan fingerprint density at radius 3 is 2.32 bits per heavy atom. The van der Waals surface area contributed by atoms with E-state index in [4.69, 9.17) is 0 Å². The smallest absolute Gasteiger partial charge is 0.422 e. The quantitative estimate of drug-likeness (QED) is 0.897. The van der Waals surface area contributed by atoms with Crippen LogP contribution in [0.5, 0.6) is 5.75 Å². The molecule has 19 heavy (non-hydrogen) atoms. The van der Waals surface area contributed by atoms with E-state index in [1.54, 1.807) is 26.0 Å². The molecule has 0 aromatic heterocycles. The Morgan fingerprint density at radius 1 is 1.26 bits per heavy atom. The lowest BCUT2D eigenvalue weighted by molar-refractivity contribution is -0.153. The van der Waals surface area contributed by atoms with E-state index < -0.39 is 12.8 Å². The summed E-state index contributed by atoms with van der Waals surface area (Å²) in [5.41, 5.74) is 0.799. The maximum Gasteiger partial charge on any atom is 0.422 e. The van der Waals surface area contributed by atoms with Gasteiger partial charge in [0.15, 0.2) is 6.61 Å². The molecule has 1 N–H and O–H groups in total. The van der Waals surface area contributed by atoms with E-state index in [-0.39, 0.29) is 17.6 Å². The minimum atomic E-state index is -4.34. The van der Waals surface area contributed by atoms with Gasteiger partial charge in [-0.15, -0.1) is 0 Å². The first-order chi connectivity index (χ1) is 8.78. The van der Waals surface area contributed by atoms with Crippen molar-refractivity contribution in [2.24, 2.45) is 5.92 Å². The standard InChI is InChI=1S/C13H16F3NO2/c1-9(2)12(18)17-7-10-3-5-11(6-4-10)19-8-13(14,15)16/h3-6,9H,7-8H2,1-2H3,(H,17,18). The van der Waals surface area contributed by atoms with Gasteiger partial charge >= 0.3 is 6.18 Å². The molecule has 1 amide bonds. The van der Waals surface area contributed by atoms with Crippen molar-refractivity contribution in [2.45, 2.75) is 26.6 Å². The summed E-state index contributed by atoms with van der Waals surface area (Å²) in [4.78, 5) is 11.3. The van der Waals surface area contributed by atoms with Crippen LogP contribution in [0.15, 0.2) is 24.3 Å². The number of hydrogen-bond acceptors (Lipinski definition) is 2. The fraction of sp³-hybridized carbons (Fsp3) is 0.462. The highest BCUT2D eigenvalue weighted by Gasteiger charge is 2.28. The lowest BCUT2D eigenvalue weighted by atomic mass is 10.2. The Balaban J connectivity index is 2.46. The van der Waals surface area contributed by atoms with Gasteiger partial charge < -0.3 is 10.1 Å². The molecule has 106 valence electrons. The van der Waals surface area contributed by atoms with E-state index in [9.17, 15) is 18.0 Å². The minimum Gasteiger partial charge on any atom is -0.484 e. The van der Waals surface area contributed by atoms with Crippen molar-refractivity contribution in [1.29, 1.82) is 0 Å². The monoisotopic (exact) mass is 275 g/mol. The second kappa shape index (κ2) is 6.45. The van der Waals surface area contributed by atoms with Gasteiger partial charge in [-0.1, -0.05) is 26.0 Å². The van der Waals surface area contributed by atoms with Crippen molar-refractivity contribution >= 4 is 5.91 Å². The van der Waals surface area contributed by atoms with Crippen molar-refractivity contribution in [3.63, 3.8) is 0 Å². The Hall–Kier alpha value is -1.72. The molecule has 3 nitrogen and oxygen atoms in total. The third kappa shape index (κ3) is 6.13. The van der Waals surface area contributed by atoms with E-state index in [1.807, 2.05) is 0 Å². The highest BCUT2D eigenvalue weighted by molar-refractivity contribution is 5.77. The molecular formula is C13H16F3NO2. The Kier molecular flexibility index (Phi) is 5.20. The average molecular weight is 275 g/mol. The van der Waals surface area contributed by atoms with Gasteiger partial charge in [0, 0.05) is 12.5 Å². The molecule has 0 fully saturated rings. The second-order valence-electron chi connectivity index (χ2n) is 4.42. The van der Waals surface area contributed by atoms with Crippen molar-refractivity contribution in [1.82, 2.24) is 5.32 Å². The molecule has 0 heterocycles. The van der Waals surface area contributed by atoms with Crippen molar-refractivity contribution in [3.05, 3.63) is 29.8 Å². The summed E-state index contributed by atoms with van der Waals surface area (Å²) in [6.45, 7) is 2.60. The molecule has 0 saturated heterocycles. The van der Waals surface area contributed by atoms with Crippen LogP contribution in [0.2, 0.25) is 0 Å². The number of carbonyl (C=O) groups excluding carboxylic acids is 1. The zero-order valence-electron chi connectivity index (χ0n) is 10.8. The zero-order valence-corrected chi connectivity index (χ0v) is 10.8. The van der Waals surface area contributed by atoms with Crippen LogP contribution in [-0.2, 0) is 11.3 Å². The van der Waals surface area contributed by atoms with E-state index in [0.29, 0.717) is 6.54 Å². The number of halogens is 3. The predicted molar refractivity (Wildman–Crippen MR) is 64.7 cm³/mol. The van der Waals surface area contributed by atoms with Gasteiger partial charge in [0.1, 0.15) is 5.75 Å². The summed E-state index contributed by atoms with van der Waals surface area (Å²) in [5, 5.41) is 2.71. The van der Waals surface area contributed by atoms with Gasteiger partial charge in [-0.2, -0.15) is 13.2 Å². The number of nitrogens with one attached hydrogen (secondary N) is 1. The number of hydrogen-bond donors (Lipinski definition) is 1. The molecular weight excluding hydrogens is 259 g/mol. The van der Waals surface area contributed by atoms with Crippen LogP contribution in [0.1, 0.15) is 19.4 Å². The summed E-state index contributed by atoms with van der Waals surface area (Å²) >= 11 is 0. The fourth-order valence-corrected chi connectivity index (χ4v) is 1.26. The Labute approximate surface area is 109 Å². The normalized spacial score (nSPS) is 11.5. The van der Waals surface area contributed by atoms with Crippen LogP contribution in [0.4, 0.5) is 13.2 Å². The topological polar surface area (TPSA) is 38.3 Å². The number of carbonyl (C=O) groups is 1. The summed E-state index contributed by atoms with van der Waals surface area (Å²) in [7, 11) is 0. The van der Waals surface area contributed by atoms with Gasteiger partial charge in [-0.05, 0) is 17.7 Å². The number of amides is 1. The average Bonchev–Trinajstić information content (AvgIpc) is 2.33. The van der Waals surface area contributed by atoms with Crippen molar-refractivity contribution in [2.75, 3.05) is 6.61 Å². The van der Waals surface area contributed by atoms with E-state index in [0.717, 1.165) is 5.56 Å². The molecule has 0 radical (unpaired) electrons. The van der Waals surface area contributed by atoms with Gasteiger partial charge in [0.05, 0.1) is 0 Å². The fourth-order valence-electron chi connectivity index (χ4n) is 1.26. The Bertz CT molecular complexity index is 413. The van der Waals surface area contributed by atoms with E-state index in [2.05, 4.69) is 10.1 Å². The van der Waals surface area contributed by atoms with Crippen LogP contribution in [0.3, 0.4) is 0 Å². The number of rotatable bonds is 5. The molecule has 0 atom stereocenters. The zero-order chi connectivity index (χ0) is 14.5. The Morgan fingerprint density at radius 2 is 1.84 bits per heavy atom. The first-order valence-electron chi connectivity index (χ1n) is 5.84. The second-order valence-corrected chi connectivity index (χ2v) is 4.42. The van der Waals surface area contributed by atoms with E-state index >= 15 is 0 Å². The highest BCUT2D eigenvalue weighted by Crippen LogP contribution is 2.18. The molecule has 0 spiro atoms. The third-order valence-electron chi connectivity index (χ3n) is 2.32. The van der Waals surface area contributed by atoms with Gasteiger partial charge in [0.2, 0.25) is 5.91 Å². The number of benzene rings is 1. The van der Waals surface area contributed by atoms with Gasteiger partial charge in [-0.25, -0.2) is 0 Å². The summed E-state index contributed by atoms with van der Waals surface area (Å²) in [6, 6.07) is 6.13. The first kappa shape index (κ1) is 15.3. The van der Waals surface area contributed by atoms with Crippen molar-refractivity contribution < 1.29 is 22.7 Å². The molecule has 0 bridgehead atoms. The minimum absolute atomic E-state index is 0.0719. The van der Waals surface area contributed by atoms with Crippen LogP contribution < -0.4 is 10.1 Å². The molecule has 1 rings (SSSR count). The third-order valence-corrected chi connectivity index (χ3v) is 2.32. The molecule has 0 aliphatic heterocycles. The number of alkyl halides is 3. The first-order valence-corrected chi connectivity index (χ1v) is 5.84. The maximum atomic E-state index is 11.9. The largest absolute Gasteiger partial charge is 0.484 e. The summed E-state index contributed by atoms with van der Waals surface area (Å²) in [5.74, 6) is -0.0250. The van der Waals surface area contributed by atoms with Gasteiger partial charge in [0.25, 0.3) is 0 Å². The molecule has 1 aromatic carbocycles. The highest BCUT2D eigenvalue weighted by atomic mass is 19.4. The van der Waals surface area contributed by atoms with Crippen molar-refractivity contribution in [3.8, 4) is 5.75 Å². The van der Waals surface area contributed by atoms with Gasteiger partial charge in [-0.3, -0.25) is 4.79 Å².